The summed E-state index contributed by atoms with van der Waals surface area (Å²) in [6.07, 6.45) is 2.89. The average Bonchev–Trinajstić information content (AvgIpc) is 3.06. The summed E-state index contributed by atoms with van der Waals surface area (Å²) in [7, 11) is -1.48. The quantitative estimate of drug-likeness (QED) is 0.885. The Bertz CT molecular complexity index is 777. The van der Waals surface area contributed by atoms with Gasteiger partial charge < -0.3 is 9.80 Å². The smallest absolute Gasteiger partial charge is 0.265 e. The molecule has 0 atom stereocenters. The molecule has 0 saturated carbocycles. The summed E-state index contributed by atoms with van der Waals surface area (Å²) >= 11 is 0. The van der Waals surface area contributed by atoms with Crippen molar-refractivity contribution in [2.45, 2.75) is 18.4 Å². The molecule has 1 aromatic carbocycles. The number of aromatic nitrogens is 2. The monoisotopic (exact) mass is 349 g/mol. The van der Waals surface area contributed by atoms with E-state index in [4.69, 9.17) is 0 Å². The van der Waals surface area contributed by atoms with Gasteiger partial charge in [-0.05, 0) is 38.2 Å². The van der Waals surface area contributed by atoms with Gasteiger partial charge in [0, 0.05) is 50.3 Å². The van der Waals surface area contributed by atoms with Gasteiger partial charge in [-0.1, -0.05) is 0 Å². The van der Waals surface area contributed by atoms with Gasteiger partial charge >= 0.3 is 0 Å². The van der Waals surface area contributed by atoms with E-state index in [0.29, 0.717) is 12.2 Å². The van der Waals surface area contributed by atoms with Gasteiger partial charge in [0.2, 0.25) is 0 Å². The van der Waals surface area contributed by atoms with Crippen molar-refractivity contribution in [3.8, 4) is 0 Å². The summed E-state index contributed by atoms with van der Waals surface area (Å²) in [5, 5.41) is 4.01. The molecule has 0 amide bonds. The molecular formula is C16H23N5O2S. The lowest BCUT2D eigenvalue weighted by Crippen LogP contribution is -2.44. The highest BCUT2D eigenvalue weighted by Gasteiger charge is 2.17. The van der Waals surface area contributed by atoms with Crippen molar-refractivity contribution >= 4 is 21.4 Å². The summed E-state index contributed by atoms with van der Waals surface area (Å²) in [6.45, 7) is 6.59. The molecule has 3 rings (SSSR count). The van der Waals surface area contributed by atoms with E-state index in [1.54, 1.807) is 16.8 Å². The van der Waals surface area contributed by atoms with Crippen LogP contribution in [0.2, 0.25) is 0 Å². The summed E-state index contributed by atoms with van der Waals surface area (Å²) in [4.78, 5) is 4.78. The molecule has 1 aromatic heterocycles. The van der Waals surface area contributed by atoms with Crippen LogP contribution in [0.4, 0.5) is 11.4 Å². The summed E-state index contributed by atoms with van der Waals surface area (Å²) in [5.74, 6) is 0. The van der Waals surface area contributed by atoms with Crippen LogP contribution in [0.3, 0.4) is 0 Å². The number of nitrogens with zero attached hydrogens (tertiary/aromatic N) is 4. The Labute approximate surface area is 142 Å². The van der Waals surface area contributed by atoms with Crippen LogP contribution in [0.1, 0.15) is 6.92 Å². The molecule has 2 heterocycles. The lowest BCUT2D eigenvalue weighted by atomic mass is 10.2. The molecule has 24 heavy (non-hydrogen) atoms. The normalized spacial score (nSPS) is 16.3. The number of rotatable bonds is 5. The minimum absolute atomic E-state index is 0.174. The van der Waals surface area contributed by atoms with Crippen LogP contribution in [-0.4, -0.2) is 56.3 Å². The molecule has 130 valence electrons. The van der Waals surface area contributed by atoms with Crippen LogP contribution in [0.15, 0.2) is 41.6 Å². The minimum atomic E-state index is -3.60. The first kappa shape index (κ1) is 16.8. The van der Waals surface area contributed by atoms with Gasteiger partial charge in [-0.25, -0.2) is 8.42 Å². The Hall–Kier alpha value is -2.06. The maximum atomic E-state index is 12.4. The number of anilines is 2. The van der Waals surface area contributed by atoms with Crippen molar-refractivity contribution in [1.29, 1.82) is 0 Å². The number of hydrogen-bond acceptors (Lipinski definition) is 5. The highest BCUT2D eigenvalue weighted by atomic mass is 32.2. The van der Waals surface area contributed by atoms with Crippen molar-refractivity contribution < 1.29 is 8.42 Å². The fourth-order valence-corrected chi connectivity index (χ4v) is 3.69. The van der Waals surface area contributed by atoms with E-state index < -0.39 is 10.0 Å². The maximum absolute atomic E-state index is 12.4. The van der Waals surface area contributed by atoms with Gasteiger partial charge in [0.15, 0.2) is 0 Å². The molecule has 0 bridgehead atoms. The van der Waals surface area contributed by atoms with Crippen LogP contribution >= 0.6 is 0 Å². The number of piperazine rings is 1. The lowest BCUT2D eigenvalue weighted by molar-refractivity contribution is 0.313. The first-order chi connectivity index (χ1) is 11.5. The molecule has 0 aliphatic carbocycles. The van der Waals surface area contributed by atoms with Crippen molar-refractivity contribution in [2.75, 3.05) is 42.8 Å². The molecule has 2 aromatic rings. The average molecular weight is 349 g/mol. The minimum Gasteiger partial charge on any atom is -0.369 e. The van der Waals surface area contributed by atoms with Crippen LogP contribution in [-0.2, 0) is 16.6 Å². The van der Waals surface area contributed by atoms with Crippen molar-refractivity contribution in [3.05, 3.63) is 36.7 Å². The Balaban J connectivity index is 1.69. The van der Waals surface area contributed by atoms with E-state index in [1.807, 2.05) is 19.1 Å². The number of aryl methyl sites for hydroxylation is 1. The molecule has 8 heteroatoms. The van der Waals surface area contributed by atoms with E-state index in [1.165, 1.54) is 12.4 Å². The molecule has 1 aliphatic heterocycles. The molecule has 1 aliphatic rings. The van der Waals surface area contributed by atoms with Crippen molar-refractivity contribution in [1.82, 2.24) is 14.7 Å². The van der Waals surface area contributed by atoms with E-state index in [-0.39, 0.29) is 4.90 Å². The fraction of sp³-hybridized carbons (Fsp3) is 0.438. The molecular weight excluding hydrogens is 326 g/mol. The number of sulfonamides is 1. The van der Waals surface area contributed by atoms with Gasteiger partial charge in [-0.2, -0.15) is 5.10 Å². The third kappa shape index (κ3) is 3.70. The number of hydrogen-bond donors (Lipinski definition) is 1. The van der Waals surface area contributed by atoms with E-state index in [0.717, 1.165) is 31.9 Å². The second-order valence-corrected chi connectivity index (χ2v) is 7.66. The van der Waals surface area contributed by atoms with Crippen LogP contribution in [0, 0.1) is 0 Å². The third-order valence-corrected chi connectivity index (χ3v) is 5.57. The first-order valence-electron chi connectivity index (χ1n) is 8.07. The maximum Gasteiger partial charge on any atom is 0.265 e. The number of likely N-dealkylation sites (N-methyl/N-ethyl adjacent to an activating group) is 1. The van der Waals surface area contributed by atoms with Gasteiger partial charge in [-0.15, -0.1) is 0 Å². The standard InChI is InChI=1S/C16H23N5O2S/c1-3-21-13-16(12-17-21)24(22,23)18-14-4-6-15(7-5-14)20-10-8-19(2)9-11-20/h4-7,12-13,18H,3,8-11H2,1-2H3. The van der Waals surface area contributed by atoms with Crippen molar-refractivity contribution in [3.63, 3.8) is 0 Å². The molecule has 7 nitrogen and oxygen atoms in total. The number of benzene rings is 1. The second-order valence-electron chi connectivity index (χ2n) is 5.97. The van der Waals surface area contributed by atoms with Gasteiger partial charge in [0.05, 0.1) is 6.20 Å². The summed E-state index contributed by atoms with van der Waals surface area (Å²) < 4.78 is 28.9. The number of nitrogens with one attached hydrogen (secondary N) is 1. The van der Waals surface area contributed by atoms with E-state index >= 15 is 0 Å². The SMILES string of the molecule is CCn1cc(S(=O)(=O)Nc2ccc(N3CCN(C)CC3)cc2)cn1. The second kappa shape index (κ2) is 6.82. The zero-order chi connectivity index (χ0) is 17.2. The van der Waals surface area contributed by atoms with E-state index in [2.05, 4.69) is 26.7 Å². The Morgan fingerprint density at radius 1 is 1.12 bits per heavy atom. The molecule has 0 radical (unpaired) electrons. The van der Waals surface area contributed by atoms with Gasteiger partial charge in [-0.3, -0.25) is 9.40 Å². The summed E-state index contributed by atoms with van der Waals surface area (Å²) in [6, 6.07) is 7.52. The highest BCUT2D eigenvalue weighted by Crippen LogP contribution is 2.21. The topological polar surface area (TPSA) is 70.5 Å². The van der Waals surface area contributed by atoms with Gasteiger partial charge in [0.1, 0.15) is 4.90 Å². The Morgan fingerprint density at radius 2 is 1.79 bits per heavy atom. The third-order valence-electron chi connectivity index (χ3n) is 4.23. The lowest BCUT2D eigenvalue weighted by Gasteiger charge is -2.34. The Kier molecular flexibility index (Phi) is 4.77. The van der Waals surface area contributed by atoms with Crippen LogP contribution < -0.4 is 9.62 Å². The first-order valence-corrected chi connectivity index (χ1v) is 9.55. The van der Waals surface area contributed by atoms with Crippen molar-refractivity contribution in [2.24, 2.45) is 0 Å². The molecule has 1 fully saturated rings. The summed E-state index contributed by atoms with van der Waals surface area (Å²) in [5.41, 5.74) is 1.67. The van der Waals surface area contributed by atoms with E-state index in [9.17, 15) is 8.42 Å². The zero-order valence-electron chi connectivity index (χ0n) is 14.0. The van der Waals surface area contributed by atoms with Crippen LogP contribution in [0.25, 0.3) is 0 Å². The molecule has 0 spiro atoms. The fourth-order valence-electron chi connectivity index (χ4n) is 2.68. The largest absolute Gasteiger partial charge is 0.369 e. The highest BCUT2D eigenvalue weighted by molar-refractivity contribution is 7.92. The molecule has 0 unspecified atom stereocenters. The van der Waals surface area contributed by atoms with Gasteiger partial charge in [0.25, 0.3) is 10.0 Å². The molecule has 1 N–H and O–H groups in total. The van der Waals surface area contributed by atoms with Crippen LogP contribution in [0.5, 0.6) is 0 Å². The zero-order valence-corrected chi connectivity index (χ0v) is 14.8. The predicted octanol–water partition coefficient (Wildman–Crippen LogP) is 1.46. The molecule has 1 saturated heterocycles. The predicted molar refractivity (Wildman–Crippen MR) is 94.9 cm³/mol. The Morgan fingerprint density at radius 3 is 2.38 bits per heavy atom.